The van der Waals surface area contributed by atoms with Crippen molar-refractivity contribution < 1.29 is 19.1 Å². The summed E-state index contributed by atoms with van der Waals surface area (Å²) in [5, 5.41) is 5.36. The molecule has 0 radical (unpaired) electrons. The van der Waals surface area contributed by atoms with Gasteiger partial charge in [0.25, 0.3) is 5.91 Å². The Morgan fingerprint density at radius 1 is 0.963 bits per heavy atom. The number of benzene rings is 2. The number of carbonyl (C=O) groups excluding carboxylic acids is 3. The number of likely N-dealkylation sites (N-methyl/N-ethyl adjacent to an activating group) is 1. The number of nitrogens with one attached hydrogen (secondary N) is 2. The van der Waals surface area contributed by atoms with Crippen LogP contribution in [0.4, 0.5) is 5.69 Å². The number of nitrogens with zero attached hydrogens (tertiary/aromatic N) is 1. The molecule has 0 heterocycles. The molecular formula is C20H23N3O4. The second kappa shape index (κ2) is 9.49. The number of anilines is 1. The first kappa shape index (κ1) is 20.1. The molecule has 7 heteroatoms. The van der Waals surface area contributed by atoms with Gasteiger partial charge in [-0.15, -0.1) is 0 Å². The minimum absolute atomic E-state index is 0.132. The first-order valence-electron chi connectivity index (χ1n) is 8.40. The molecule has 142 valence electrons. The zero-order valence-corrected chi connectivity index (χ0v) is 15.6. The molecule has 0 spiro atoms. The van der Waals surface area contributed by atoms with Crippen LogP contribution >= 0.6 is 0 Å². The smallest absolute Gasteiger partial charge is 0.337 e. The molecule has 2 aromatic carbocycles. The van der Waals surface area contributed by atoms with E-state index in [-0.39, 0.29) is 18.4 Å². The van der Waals surface area contributed by atoms with E-state index >= 15 is 0 Å². The highest BCUT2D eigenvalue weighted by atomic mass is 16.5. The van der Waals surface area contributed by atoms with E-state index in [0.29, 0.717) is 23.4 Å². The van der Waals surface area contributed by atoms with Crippen molar-refractivity contribution >= 4 is 23.5 Å². The normalized spacial score (nSPS) is 10.4. The number of rotatable bonds is 7. The summed E-state index contributed by atoms with van der Waals surface area (Å²) in [5.41, 5.74) is 2.63. The molecular weight excluding hydrogens is 346 g/mol. The predicted octanol–water partition coefficient (Wildman–Crippen LogP) is 1.90. The standard InChI is InChI=1S/C20H23N3O4/c1-21-19(25)15-6-4-14(5-7-15)12-23(2)13-18(24)22-17-10-8-16(9-11-17)20(26)27-3/h4-11H,12-13H2,1-3H3,(H,21,25)(H,22,24). The zero-order valence-electron chi connectivity index (χ0n) is 15.6. The lowest BCUT2D eigenvalue weighted by atomic mass is 10.1. The van der Waals surface area contributed by atoms with E-state index in [9.17, 15) is 14.4 Å². The quantitative estimate of drug-likeness (QED) is 0.728. The van der Waals surface area contributed by atoms with Crippen molar-refractivity contribution in [1.29, 1.82) is 0 Å². The van der Waals surface area contributed by atoms with Crippen LogP contribution < -0.4 is 10.6 Å². The Labute approximate surface area is 158 Å². The summed E-state index contributed by atoms with van der Waals surface area (Å²) in [6.45, 7) is 0.776. The molecule has 27 heavy (non-hydrogen) atoms. The third-order valence-electron chi connectivity index (χ3n) is 3.90. The molecule has 2 rings (SSSR count). The SMILES string of the molecule is CNC(=O)c1ccc(CN(C)CC(=O)Nc2ccc(C(=O)OC)cc2)cc1. The fourth-order valence-corrected chi connectivity index (χ4v) is 2.53. The van der Waals surface area contributed by atoms with Crippen molar-refractivity contribution in [1.82, 2.24) is 10.2 Å². The van der Waals surface area contributed by atoms with Crippen molar-refractivity contribution in [2.75, 3.05) is 33.1 Å². The highest BCUT2D eigenvalue weighted by molar-refractivity contribution is 5.94. The molecule has 0 bridgehead atoms. The number of ether oxygens (including phenoxy) is 1. The van der Waals surface area contributed by atoms with E-state index in [1.807, 2.05) is 24.1 Å². The van der Waals surface area contributed by atoms with Crippen molar-refractivity contribution in [2.45, 2.75) is 6.54 Å². The fourth-order valence-electron chi connectivity index (χ4n) is 2.53. The van der Waals surface area contributed by atoms with Crippen LogP contribution in [0.3, 0.4) is 0 Å². The van der Waals surface area contributed by atoms with Gasteiger partial charge in [0.2, 0.25) is 5.91 Å². The number of methoxy groups -OCH3 is 1. The molecule has 2 N–H and O–H groups in total. The maximum Gasteiger partial charge on any atom is 0.337 e. The molecule has 0 aliphatic heterocycles. The van der Waals surface area contributed by atoms with Gasteiger partial charge in [0.1, 0.15) is 0 Å². The Morgan fingerprint density at radius 2 is 1.56 bits per heavy atom. The van der Waals surface area contributed by atoms with Crippen LogP contribution in [0.5, 0.6) is 0 Å². The van der Waals surface area contributed by atoms with Gasteiger partial charge in [-0.3, -0.25) is 14.5 Å². The van der Waals surface area contributed by atoms with E-state index in [0.717, 1.165) is 5.56 Å². The van der Waals surface area contributed by atoms with Gasteiger partial charge in [-0.1, -0.05) is 12.1 Å². The van der Waals surface area contributed by atoms with Crippen molar-refractivity contribution in [3.8, 4) is 0 Å². The molecule has 0 saturated carbocycles. The molecule has 0 atom stereocenters. The number of carbonyl (C=O) groups is 3. The molecule has 0 unspecified atom stereocenters. The summed E-state index contributed by atoms with van der Waals surface area (Å²) in [6, 6.07) is 13.7. The van der Waals surface area contributed by atoms with Crippen LogP contribution in [0.15, 0.2) is 48.5 Å². The Bertz CT molecular complexity index is 801. The highest BCUT2D eigenvalue weighted by Crippen LogP contribution is 2.11. The molecule has 0 aliphatic carbocycles. The molecule has 0 aliphatic rings. The van der Waals surface area contributed by atoms with Crippen molar-refractivity contribution in [2.24, 2.45) is 0 Å². The van der Waals surface area contributed by atoms with Crippen LogP contribution in [0.25, 0.3) is 0 Å². The van der Waals surface area contributed by atoms with Gasteiger partial charge in [0.05, 0.1) is 19.2 Å². The number of hydrogen-bond donors (Lipinski definition) is 2. The average Bonchev–Trinajstić information content (AvgIpc) is 2.67. The summed E-state index contributed by atoms with van der Waals surface area (Å²) >= 11 is 0. The van der Waals surface area contributed by atoms with Gasteiger partial charge in [-0.05, 0) is 49.0 Å². The Balaban J connectivity index is 1.86. The van der Waals surface area contributed by atoms with Gasteiger partial charge in [-0.2, -0.15) is 0 Å². The number of amides is 2. The van der Waals surface area contributed by atoms with Crippen LogP contribution in [-0.2, 0) is 16.1 Å². The van der Waals surface area contributed by atoms with Crippen molar-refractivity contribution in [3.63, 3.8) is 0 Å². The molecule has 2 aromatic rings. The maximum absolute atomic E-state index is 12.2. The second-order valence-corrected chi connectivity index (χ2v) is 6.07. The van der Waals surface area contributed by atoms with E-state index in [1.165, 1.54) is 7.11 Å². The van der Waals surface area contributed by atoms with Gasteiger partial charge in [0.15, 0.2) is 0 Å². The first-order chi connectivity index (χ1) is 12.9. The fraction of sp³-hybridized carbons (Fsp3) is 0.250. The van der Waals surface area contributed by atoms with Crippen LogP contribution in [-0.4, -0.2) is 50.4 Å². The highest BCUT2D eigenvalue weighted by Gasteiger charge is 2.10. The van der Waals surface area contributed by atoms with Crippen molar-refractivity contribution in [3.05, 3.63) is 65.2 Å². The number of hydrogen-bond acceptors (Lipinski definition) is 5. The van der Waals surface area contributed by atoms with E-state index in [2.05, 4.69) is 15.4 Å². The van der Waals surface area contributed by atoms with E-state index < -0.39 is 5.97 Å². The van der Waals surface area contributed by atoms with Gasteiger partial charge in [-0.25, -0.2) is 4.79 Å². The molecule has 0 aromatic heterocycles. The maximum atomic E-state index is 12.2. The Kier molecular flexibility index (Phi) is 7.08. The third kappa shape index (κ3) is 5.93. The van der Waals surface area contributed by atoms with Crippen LogP contribution in [0, 0.1) is 0 Å². The zero-order chi connectivity index (χ0) is 19.8. The molecule has 2 amide bonds. The lowest BCUT2D eigenvalue weighted by Gasteiger charge is -2.16. The summed E-state index contributed by atoms with van der Waals surface area (Å²) < 4.78 is 4.64. The predicted molar refractivity (Wildman–Crippen MR) is 103 cm³/mol. The van der Waals surface area contributed by atoms with Gasteiger partial charge < -0.3 is 15.4 Å². The minimum atomic E-state index is -0.421. The van der Waals surface area contributed by atoms with Crippen LogP contribution in [0.2, 0.25) is 0 Å². The van der Waals surface area contributed by atoms with Gasteiger partial charge >= 0.3 is 5.97 Å². The Morgan fingerprint density at radius 3 is 2.11 bits per heavy atom. The topological polar surface area (TPSA) is 87.7 Å². The largest absolute Gasteiger partial charge is 0.465 e. The summed E-state index contributed by atoms with van der Waals surface area (Å²) in [5.74, 6) is -0.715. The molecule has 0 saturated heterocycles. The average molecular weight is 369 g/mol. The summed E-state index contributed by atoms with van der Waals surface area (Å²) in [6.07, 6.45) is 0. The lowest BCUT2D eigenvalue weighted by Crippen LogP contribution is -2.29. The van der Waals surface area contributed by atoms with Crippen LogP contribution in [0.1, 0.15) is 26.3 Å². The van der Waals surface area contributed by atoms with E-state index in [4.69, 9.17) is 0 Å². The summed E-state index contributed by atoms with van der Waals surface area (Å²) in [7, 11) is 4.75. The van der Waals surface area contributed by atoms with E-state index in [1.54, 1.807) is 43.4 Å². The molecule has 0 fully saturated rings. The monoisotopic (exact) mass is 369 g/mol. The lowest BCUT2D eigenvalue weighted by molar-refractivity contribution is -0.117. The summed E-state index contributed by atoms with van der Waals surface area (Å²) in [4.78, 5) is 37.0. The first-order valence-corrected chi connectivity index (χ1v) is 8.40. The second-order valence-electron chi connectivity index (χ2n) is 6.07. The minimum Gasteiger partial charge on any atom is -0.465 e. The van der Waals surface area contributed by atoms with Gasteiger partial charge in [0, 0.05) is 24.8 Å². The Hall–Kier alpha value is -3.19. The third-order valence-corrected chi connectivity index (χ3v) is 3.90. The molecule has 7 nitrogen and oxygen atoms in total. The number of esters is 1.